The van der Waals surface area contributed by atoms with Gasteiger partial charge in [0.25, 0.3) is 0 Å². The fraction of sp³-hybridized carbons (Fsp3) is 0.269. The van der Waals surface area contributed by atoms with Gasteiger partial charge < -0.3 is 15.5 Å². The fourth-order valence-electron chi connectivity index (χ4n) is 4.55. The highest BCUT2D eigenvalue weighted by molar-refractivity contribution is 6.34. The Morgan fingerprint density at radius 1 is 1.09 bits per heavy atom. The topological polar surface area (TPSA) is 91.2 Å². The second-order valence-corrected chi connectivity index (χ2v) is 9.14. The molecular weight excluding hydrogens is 455 g/mol. The van der Waals surface area contributed by atoms with Crippen LogP contribution in [0.15, 0.2) is 61.1 Å². The molecule has 1 fully saturated rings. The van der Waals surface area contributed by atoms with Crippen molar-refractivity contribution in [1.29, 1.82) is 0 Å². The summed E-state index contributed by atoms with van der Waals surface area (Å²) in [5.74, 6) is -0.0585. The van der Waals surface area contributed by atoms with Crippen LogP contribution in [0, 0.1) is 5.82 Å². The van der Waals surface area contributed by atoms with Gasteiger partial charge >= 0.3 is 0 Å². The highest BCUT2D eigenvalue weighted by atomic mass is 35.5. The van der Waals surface area contributed by atoms with Crippen molar-refractivity contribution in [3.05, 3.63) is 83.3 Å². The minimum Gasteiger partial charge on any atom is -0.390 e. The molecule has 0 aliphatic heterocycles. The highest BCUT2D eigenvalue weighted by Gasteiger charge is 2.44. The maximum Gasteiger partial charge on any atom is 0.162 e. The van der Waals surface area contributed by atoms with E-state index in [2.05, 4.69) is 20.3 Å². The summed E-state index contributed by atoms with van der Waals surface area (Å²) in [4.78, 5) is 13.1. The van der Waals surface area contributed by atoms with Crippen LogP contribution in [0.4, 0.5) is 10.1 Å². The molecule has 1 aliphatic rings. The van der Waals surface area contributed by atoms with Gasteiger partial charge in [-0.05, 0) is 49.9 Å². The molecule has 2 aromatic carbocycles. The first kappa shape index (κ1) is 22.7. The summed E-state index contributed by atoms with van der Waals surface area (Å²) >= 11 is 6.50. The molecule has 6 nitrogen and oxygen atoms in total. The van der Waals surface area contributed by atoms with Gasteiger partial charge in [-0.2, -0.15) is 0 Å². The number of hydrogen-bond donors (Lipinski definition) is 3. The largest absolute Gasteiger partial charge is 0.390 e. The highest BCUT2D eigenvalue weighted by Crippen LogP contribution is 2.38. The van der Waals surface area contributed by atoms with Gasteiger partial charge in [0.15, 0.2) is 5.82 Å². The van der Waals surface area contributed by atoms with E-state index in [1.165, 1.54) is 6.07 Å². The van der Waals surface area contributed by atoms with E-state index >= 15 is 0 Å². The summed E-state index contributed by atoms with van der Waals surface area (Å²) in [5, 5.41) is 25.5. The van der Waals surface area contributed by atoms with Crippen molar-refractivity contribution in [3.63, 3.8) is 0 Å². The van der Waals surface area contributed by atoms with E-state index in [1.807, 2.05) is 25.1 Å². The van der Waals surface area contributed by atoms with Gasteiger partial charge in [-0.15, -0.1) is 0 Å². The molecule has 5 rings (SSSR count). The quantitative estimate of drug-likeness (QED) is 0.356. The van der Waals surface area contributed by atoms with Gasteiger partial charge in [-0.1, -0.05) is 35.9 Å². The summed E-state index contributed by atoms with van der Waals surface area (Å²) in [6, 6.07) is 12.0. The number of halogens is 2. The Bertz CT molecular complexity index is 1350. The molecule has 0 amide bonds. The monoisotopic (exact) mass is 478 g/mol. The normalized spacial score (nSPS) is 21.0. The molecule has 0 saturated heterocycles. The van der Waals surface area contributed by atoms with Crippen LogP contribution in [0.1, 0.15) is 43.6 Å². The Morgan fingerprint density at radius 2 is 1.85 bits per heavy atom. The van der Waals surface area contributed by atoms with E-state index < -0.39 is 11.7 Å². The molecule has 3 N–H and O–H groups in total. The van der Waals surface area contributed by atoms with E-state index in [4.69, 9.17) is 11.6 Å². The lowest BCUT2D eigenvalue weighted by Gasteiger charge is -2.24. The second kappa shape index (κ2) is 8.91. The van der Waals surface area contributed by atoms with Crippen LogP contribution in [0.2, 0.25) is 5.02 Å². The average Bonchev–Trinajstić information content (AvgIpc) is 3.20. The van der Waals surface area contributed by atoms with Gasteiger partial charge in [0, 0.05) is 35.1 Å². The third-order valence-electron chi connectivity index (χ3n) is 6.51. The molecule has 3 atom stereocenters. The first-order valence-electron chi connectivity index (χ1n) is 11.2. The third-order valence-corrected chi connectivity index (χ3v) is 6.80. The summed E-state index contributed by atoms with van der Waals surface area (Å²) in [7, 11) is 0. The molecule has 2 unspecified atom stereocenters. The van der Waals surface area contributed by atoms with Gasteiger partial charge in [0.1, 0.15) is 11.4 Å². The molecule has 0 bridgehead atoms. The predicted molar refractivity (Wildman–Crippen MR) is 130 cm³/mol. The Morgan fingerprint density at radius 3 is 2.56 bits per heavy atom. The van der Waals surface area contributed by atoms with Crippen LogP contribution in [0.5, 0.6) is 0 Å². The first-order chi connectivity index (χ1) is 16.4. The molecule has 4 aromatic rings. The second-order valence-electron chi connectivity index (χ2n) is 8.73. The number of rotatable bonds is 5. The average molecular weight is 479 g/mol. The smallest absolute Gasteiger partial charge is 0.162 e. The van der Waals surface area contributed by atoms with Crippen molar-refractivity contribution in [2.45, 2.75) is 43.9 Å². The fourth-order valence-corrected chi connectivity index (χ4v) is 4.75. The zero-order valence-electron chi connectivity index (χ0n) is 18.5. The summed E-state index contributed by atoms with van der Waals surface area (Å²) in [6.45, 7) is 1.87. The number of hydrogen-bond acceptors (Lipinski definition) is 6. The van der Waals surface area contributed by atoms with Crippen molar-refractivity contribution >= 4 is 28.2 Å². The van der Waals surface area contributed by atoms with Crippen LogP contribution < -0.4 is 5.32 Å². The van der Waals surface area contributed by atoms with Crippen molar-refractivity contribution in [3.8, 4) is 11.1 Å². The van der Waals surface area contributed by atoms with Crippen molar-refractivity contribution < 1.29 is 14.6 Å². The van der Waals surface area contributed by atoms with Crippen LogP contribution in [0.25, 0.3) is 22.0 Å². The van der Waals surface area contributed by atoms with Crippen LogP contribution in [-0.2, 0) is 5.60 Å². The molecule has 8 heteroatoms. The van der Waals surface area contributed by atoms with Crippen molar-refractivity contribution in [1.82, 2.24) is 15.0 Å². The first-order valence-corrected chi connectivity index (χ1v) is 11.6. The Labute approximate surface area is 201 Å². The summed E-state index contributed by atoms with van der Waals surface area (Å²) < 4.78 is 14.3. The Balaban J connectivity index is 1.50. The zero-order chi connectivity index (χ0) is 23.9. The van der Waals surface area contributed by atoms with Gasteiger partial charge in [0.05, 0.1) is 28.4 Å². The number of nitrogens with zero attached hydrogens (tertiary/aromatic N) is 3. The number of aliphatic hydroxyl groups is 2. The lowest BCUT2D eigenvalue weighted by Crippen LogP contribution is -2.36. The molecular formula is C26H24ClFN4O2. The zero-order valence-corrected chi connectivity index (χ0v) is 19.3. The van der Waals surface area contributed by atoms with Gasteiger partial charge in [-0.3, -0.25) is 4.98 Å². The molecule has 174 valence electrons. The maximum absolute atomic E-state index is 14.3. The Kier molecular flexibility index (Phi) is 5.93. The maximum atomic E-state index is 14.3. The number of benzene rings is 2. The molecule has 1 saturated carbocycles. The number of fused-ring (bicyclic) bond motifs is 1. The number of aromatic nitrogens is 3. The van der Waals surface area contributed by atoms with Crippen LogP contribution in [0.3, 0.4) is 0 Å². The number of anilines is 1. The van der Waals surface area contributed by atoms with E-state index in [1.54, 1.807) is 36.8 Å². The molecule has 0 radical (unpaired) electrons. The summed E-state index contributed by atoms with van der Waals surface area (Å²) in [6.07, 6.45) is 5.67. The van der Waals surface area contributed by atoms with E-state index in [9.17, 15) is 14.6 Å². The number of aliphatic hydroxyl groups excluding tert-OH is 1. The van der Waals surface area contributed by atoms with Crippen LogP contribution >= 0.6 is 11.6 Å². The third kappa shape index (κ3) is 4.00. The van der Waals surface area contributed by atoms with E-state index in [0.29, 0.717) is 29.1 Å². The minimum absolute atomic E-state index is 0.229. The lowest BCUT2D eigenvalue weighted by atomic mass is 9.98. The standard InChI is InChI=1S/C26H24ClFN4O2/c1-15(18-5-2-3-6-21(18)28)32-24-19-11-16(8-9-22(19)29-14-20(24)27)17-12-30-25(31-13-17)26(34)10-4-7-23(26)33/h2-3,5-6,8-9,11-15,23,33-34H,4,7,10H2,1H3,(H,29,32)/t15-,23?,26?/m1/s1. The molecule has 2 heterocycles. The minimum atomic E-state index is -1.40. The van der Waals surface area contributed by atoms with Crippen molar-refractivity contribution in [2.24, 2.45) is 0 Å². The molecule has 0 spiro atoms. The van der Waals surface area contributed by atoms with E-state index in [0.717, 1.165) is 28.5 Å². The van der Waals surface area contributed by atoms with Gasteiger partial charge in [0.2, 0.25) is 0 Å². The Hall–Kier alpha value is -3.13. The molecule has 2 aromatic heterocycles. The molecule has 1 aliphatic carbocycles. The number of pyridine rings is 1. The SMILES string of the molecule is C[C@@H](Nc1c(Cl)cnc2ccc(-c3cnc(C4(O)CCCC4O)nc3)cc12)c1ccccc1F. The van der Waals surface area contributed by atoms with Crippen LogP contribution in [-0.4, -0.2) is 31.3 Å². The van der Waals surface area contributed by atoms with Gasteiger partial charge in [-0.25, -0.2) is 14.4 Å². The molecule has 34 heavy (non-hydrogen) atoms. The summed E-state index contributed by atoms with van der Waals surface area (Å²) in [5.41, 5.74) is 2.11. The van der Waals surface area contributed by atoms with E-state index in [-0.39, 0.29) is 17.7 Å². The van der Waals surface area contributed by atoms with Crippen molar-refractivity contribution in [2.75, 3.05) is 5.32 Å². The lowest BCUT2D eigenvalue weighted by molar-refractivity contribution is -0.0643. The predicted octanol–water partition coefficient (Wildman–Crippen LogP) is 5.39. The number of nitrogens with one attached hydrogen (secondary N) is 1.